The van der Waals surface area contributed by atoms with Crippen LogP contribution >= 0.6 is 0 Å². The van der Waals surface area contributed by atoms with E-state index in [1.807, 2.05) is 0 Å². The molecule has 3 rings (SSSR count). The molecule has 0 heteroatoms. The minimum atomic E-state index is 0.937. The fourth-order valence-electron chi connectivity index (χ4n) is 7.35. The highest BCUT2D eigenvalue weighted by atomic mass is 14.5. The zero-order valence-electron chi connectivity index (χ0n) is 17.4. The van der Waals surface area contributed by atoms with Crippen molar-refractivity contribution in [3.8, 4) is 0 Å². The first-order valence-corrected chi connectivity index (χ1v) is 11.4. The smallest absolute Gasteiger partial charge is 0.0334 e. The number of rotatable bonds is 2. The van der Waals surface area contributed by atoms with Gasteiger partial charge < -0.3 is 0 Å². The minimum absolute atomic E-state index is 0.937. The second-order valence-electron chi connectivity index (χ2n) is 10.8. The molecule has 4 unspecified atom stereocenters. The van der Waals surface area contributed by atoms with Gasteiger partial charge in [0.1, 0.15) is 0 Å². The molecular weight excluding hydrogens is 288 g/mol. The monoisotopic (exact) mass is 332 g/mol. The highest BCUT2D eigenvalue weighted by molar-refractivity contribution is 4.93. The fraction of sp³-hybridized carbons (Fsp3) is 1.00. The summed E-state index contributed by atoms with van der Waals surface area (Å²) < 4.78 is 0. The summed E-state index contributed by atoms with van der Waals surface area (Å²) >= 11 is 0. The molecule has 0 aliphatic heterocycles. The summed E-state index contributed by atoms with van der Waals surface area (Å²) in [5.41, 5.74) is 0. The summed E-state index contributed by atoms with van der Waals surface area (Å²) in [4.78, 5) is 0. The van der Waals surface area contributed by atoms with Crippen molar-refractivity contribution in [2.75, 3.05) is 0 Å². The van der Waals surface area contributed by atoms with Crippen LogP contribution in [-0.2, 0) is 0 Å². The molecular formula is C24H44. The maximum atomic E-state index is 2.62. The third-order valence-electron chi connectivity index (χ3n) is 9.08. The fourth-order valence-corrected chi connectivity index (χ4v) is 7.35. The molecule has 0 nitrogen and oxygen atoms in total. The van der Waals surface area contributed by atoms with E-state index in [0.29, 0.717) is 0 Å². The molecule has 3 saturated carbocycles. The highest BCUT2D eigenvalue weighted by Crippen LogP contribution is 2.52. The Morgan fingerprint density at radius 3 is 1.42 bits per heavy atom. The van der Waals surface area contributed by atoms with Gasteiger partial charge in [-0.05, 0) is 97.7 Å². The lowest BCUT2D eigenvalue weighted by atomic mass is 9.56. The van der Waals surface area contributed by atoms with Gasteiger partial charge in [0.25, 0.3) is 0 Å². The number of hydrogen-bond donors (Lipinski definition) is 0. The van der Waals surface area contributed by atoms with Gasteiger partial charge in [0.15, 0.2) is 0 Å². The molecule has 24 heavy (non-hydrogen) atoms. The van der Waals surface area contributed by atoms with Crippen molar-refractivity contribution in [2.24, 2.45) is 59.2 Å². The first kappa shape index (κ1) is 18.8. The Hall–Kier alpha value is 0. The Labute approximate surface area is 152 Å². The third kappa shape index (κ3) is 3.88. The second kappa shape index (κ2) is 7.71. The summed E-state index contributed by atoms with van der Waals surface area (Å²) in [6.45, 7) is 15.2. The van der Waals surface area contributed by atoms with Crippen LogP contribution in [0.15, 0.2) is 0 Å². The molecule has 0 N–H and O–H groups in total. The van der Waals surface area contributed by atoms with Crippen molar-refractivity contribution in [2.45, 2.75) is 92.9 Å². The van der Waals surface area contributed by atoms with Gasteiger partial charge in [0.05, 0.1) is 0 Å². The van der Waals surface area contributed by atoms with Gasteiger partial charge in [-0.3, -0.25) is 0 Å². The largest absolute Gasteiger partial charge is 0.0625 e. The van der Waals surface area contributed by atoms with Crippen molar-refractivity contribution >= 4 is 0 Å². The van der Waals surface area contributed by atoms with Crippen LogP contribution in [0.2, 0.25) is 0 Å². The summed E-state index contributed by atoms with van der Waals surface area (Å²) in [7, 11) is 0. The highest BCUT2D eigenvalue weighted by Gasteiger charge is 2.43. The Bertz CT molecular complexity index is 367. The maximum Gasteiger partial charge on any atom is -0.0334 e. The van der Waals surface area contributed by atoms with Crippen LogP contribution in [0.1, 0.15) is 92.9 Å². The average molecular weight is 333 g/mol. The Morgan fingerprint density at radius 2 is 0.917 bits per heavy atom. The van der Waals surface area contributed by atoms with Crippen LogP contribution in [0.4, 0.5) is 0 Å². The SMILES string of the molecule is CC1CCC(C2CC(C)C(C3CC(C)C(C)C(C)C3)C(C)C2)CC1. The van der Waals surface area contributed by atoms with Crippen LogP contribution in [0.5, 0.6) is 0 Å². The molecule has 0 saturated heterocycles. The minimum Gasteiger partial charge on any atom is -0.0625 e. The molecule has 140 valence electrons. The quantitative estimate of drug-likeness (QED) is 0.493. The lowest BCUT2D eigenvalue weighted by Crippen LogP contribution is -2.41. The van der Waals surface area contributed by atoms with Crippen LogP contribution in [0.25, 0.3) is 0 Å². The first-order valence-electron chi connectivity index (χ1n) is 11.4. The van der Waals surface area contributed by atoms with Gasteiger partial charge in [-0.15, -0.1) is 0 Å². The third-order valence-corrected chi connectivity index (χ3v) is 9.08. The second-order valence-corrected chi connectivity index (χ2v) is 10.8. The summed E-state index contributed by atoms with van der Waals surface area (Å²) in [6.07, 6.45) is 12.2. The van der Waals surface area contributed by atoms with E-state index in [4.69, 9.17) is 0 Å². The molecule has 0 aromatic rings. The summed E-state index contributed by atoms with van der Waals surface area (Å²) in [5.74, 6) is 9.90. The van der Waals surface area contributed by atoms with Crippen LogP contribution in [0, 0.1) is 59.2 Å². The van der Waals surface area contributed by atoms with Gasteiger partial charge in [-0.2, -0.15) is 0 Å². The van der Waals surface area contributed by atoms with Crippen molar-refractivity contribution in [3.63, 3.8) is 0 Å². The molecule has 4 atom stereocenters. The Morgan fingerprint density at radius 1 is 0.458 bits per heavy atom. The molecule has 3 fully saturated rings. The zero-order chi connectivity index (χ0) is 17.4. The predicted octanol–water partition coefficient (Wildman–Crippen LogP) is 7.43. The van der Waals surface area contributed by atoms with Gasteiger partial charge in [0.2, 0.25) is 0 Å². The van der Waals surface area contributed by atoms with E-state index in [-0.39, 0.29) is 0 Å². The molecule has 0 aromatic carbocycles. The molecule has 0 amide bonds. The van der Waals surface area contributed by atoms with E-state index in [0.717, 1.165) is 59.2 Å². The Balaban J connectivity index is 1.61. The zero-order valence-corrected chi connectivity index (χ0v) is 17.4. The van der Waals surface area contributed by atoms with E-state index in [2.05, 4.69) is 41.5 Å². The lowest BCUT2D eigenvalue weighted by molar-refractivity contribution is 0.000181. The van der Waals surface area contributed by atoms with Crippen molar-refractivity contribution in [1.82, 2.24) is 0 Å². The topological polar surface area (TPSA) is 0 Å². The van der Waals surface area contributed by atoms with E-state index >= 15 is 0 Å². The van der Waals surface area contributed by atoms with Gasteiger partial charge in [-0.1, -0.05) is 54.4 Å². The van der Waals surface area contributed by atoms with E-state index in [1.165, 1.54) is 38.5 Å². The number of hydrogen-bond acceptors (Lipinski definition) is 0. The average Bonchev–Trinajstić information content (AvgIpc) is 2.52. The van der Waals surface area contributed by atoms with E-state index < -0.39 is 0 Å². The molecule has 3 aliphatic rings. The van der Waals surface area contributed by atoms with Crippen molar-refractivity contribution in [3.05, 3.63) is 0 Å². The molecule has 0 bridgehead atoms. The van der Waals surface area contributed by atoms with Crippen LogP contribution in [-0.4, -0.2) is 0 Å². The predicted molar refractivity (Wildman–Crippen MR) is 106 cm³/mol. The van der Waals surface area contributed by atoms with E-state index in [1.54, 1.807) is 12.8 Å². The normalized spacial score (nSPS) is 53.8. The van der Waals surface area contributed by atoms with Gasteiger partial charge in [0, 0.05) is 0 Å². The molecule has 3 aliphatic carbocycles. The maximum absolute atomic E-state index is 2.62. The Kier molecular flexibility index (Phi) is 6.03. The van der Waals surface area contributed by atoms with Crippen LogP contribution in [0.3, 0.4) is 0 Å². The summed E-state index contributed by atoms with van der Waals surface area (Å²) in [6, 6.07) is 0. The van der Waals surface area contributed by atoms with Crippen molar-refractivity contribution in [1.29, 1.82) is 0 Å². The molecule has 0 aromatic heterocycles. The van der Waals surface area contributed by atoms with Crippen molar-refractivity contribution < 1.29 is 0 Å². The standard InChI is InChI=1S/C24H44/c1-15-7-9-21(10-8-15)22-13-18(4)24(19(5)14-22)23-11-16(2)20(6)17(3)12-23/h15-24H,7-14H2,1-6H3. The summed E-state index contributed by atoms with van der Waals surface area (Å²) in [5, 5.41) is 0. The van der Waals surface area contributed by atoms with Gasteiger partial charge >= 0.3 is 0 Å². The molecule has 0 heterocycles. The van der Waals surface area contributed by atoms with E-state index in [9.17, 15) is 0 Å². The van der Waals surface area contributed by atoms with Gasteiger partial charge in [-0.25, -0.2) is 0 Å². The lowest BCUT2D eigenvalue weighted by Gasteiger charge is -2.50. The molecule has 0 spiro atoms. The first-order chi connectivity index (χ1) is 11.4. The van der Waals surface area contributed by atoms with Crippen LogP contribution < -0.4 is 0 Å². The molecule has 0 radical (unpaired) electrons.